The van der Waals surface area contributed by atoms with E-state index in [1.165, 1.54) is 6.07 Å². The highest BCUT2D eigenvalue weighted by molar-refractivity contribution is 14.1. The number of nitrogens with two attached hydrogens (primary N) is 1. The minimum atomic E-state index is 0.171. The van der Waals surface area contributed by atoms with Gasteiger partial charge in [0, 0.05) is 0 Å². The SMILES string of the molecule is Nc1ccc(O)c(I)n1. The molecule has 0 atom stereocenters. The molecule has 0 saturated heterocycles. The molecule has 48 valence electrons. The number of rotatable bonds is 0. The Hall–Kier alpha value is -0.520. The first-order valence-electron chi connectivity index (χ1n) is 2.31. The average Bonchev–Trinajstić information content (AvgIpc) is 1.80. The maximum atomic E-state index is 8.92. The predicted octanol–water partition coefficient (Wildman–Crippen LogP) is 0.974. The molecular formula is C5H5IN2O. The van der Waals surface area contributed by atoms with Crippen molar-refractivity contribution in [3.05, 3.63) is 15.8 Å². The minimum absolute atomic E-state index is 0.171. The van der Waals surface area contributed by atoms with Crippen LogP contribution in [0.25, 0.3) is 0 Å². The zero-order valence-corrected chi connectivity index (χ0v) is 6.66. The van der Waals surface area contributed by atoms with Crippen LogP contribution in [0.2, 0.25) is 0 Å². The van der Waals surface area contributed by atoms with Gasteiger partial charge in [-0.25, -0.2) is 4.98 Å². The molecule has 1 heterocycles. The molecule has 3 nitrogen and oxygen atoms in total. The quantitative estimate of drug-likeness (QED) is 0.521. The second-order valence-corrected chi connectivity index (χ2v) is 2.57. The van der Waals surface area contributed by atoms with Crippen molar-refractivity contribution in [2.75, 3.05) is 5.73 Å². The Morgan fingerprint density at radius 3 is 2.67 bits per heavy atom. The fourth-order valence-electron chi connectivity index (χ4n) is 0.441. The van der Waals surface area contributed by atoms with Crippen LogP contribution in [0.1, 0.15) is 0 Å². The van der Waals surface area contributed by atoms with Gasteiger partial charge in [0.2, 0.25) is 0 Å². The summed E-state index contributed by atoms with van der Waals surface area (Å²) < 4.78 is 0.535. The molecule has 1 aromatic heterocycles. The van der Waals surface area contributed by atoms with E-state index in [9.17, 15) is 0 Å². The molecule has 0 saturated carbocycles. The number of nitrogens with zero attached hydrogens (tertiary/aromatic N) is 1. The third-order valence-corrected chi connectivity index (χ3v) is 1.64. The zero-order chi connectivity index (χ0) is 6.85. The Morgan fingerprint density at radius 2 is 2.22 bits per heavy atom. The second kappa shape index (κ2) is 2.38. The van der Waals surface area contributed by atoms with Gasteiger partial charge in [-0.1, -0.05) is 0 Å². The van der Waals surface area contributed by atoms with E-state index < -0.39 is 0 Å². The molecule has 0 aliphatic rings. The molecule has 0 unspecified atom stereocenters. The van der Waals surface area contributed by atoms with Gasteiger partial charge in [0.25, 0.3) is 0 Å². The summed E-state index contributed by atoms with van der Waals surface area (Å²) in [5.74, 6) is 0.599. The average molecular weight is 236 g/mol. The molecule has 4 heteroatoms. The first-order chi connectivity index (χ1) is 4.20. The van der Waals surface area contributed by atoms with Gasteiger partial charge in [0.05, 0.1) is 0 Å². The van der Waals surface area contributed by atoms with Crippen LogP contribution >= 0.6 is 22.6 Å². The van der Waals surface area contributed by atoms with E-state index in [1.54, 1.807) is 6.07 Å². The summed E-state index contributed by atoms with van der Waals surface area (Å²) in [6, 6.07) is 3.07. The fourth-order valence-corrected chi connectivity index (χ4v) is 0.899. The lowest BCUT2D eigenvalue weighted by Gasteiger charge is -1.94. The summed E-state index contributed by atoms with van der Waals surface area (Å²) >= 11 is 1.91. The summed E-state index contributed by atoms with van der Waals surface area (Å²) in [6.07, 6.45) is 0. The van der Waals surface area contributed by atoms with Gasteiger partial charge in [0.15, 0.2) is 0 Å². The van der Waals surface area contributed by atoms with Crippen LogP contribution in [-0.4, -0.2) is 10.1 Å². The Morgan fingerprint density at radius 1 is 1.56 bits per heavy atom. The van der Waals surface area contributed by atoms with E-state index in [0.717, 1.165) is 0 Å². The number of pyridine rings is 1. The van der Waals surface area contributed by atoms with E-state index >= 15 is 0 Å². The van der Waals surface area contributed by atoms with Crippen molar-refractivity contribution in [3.63, 3.8) is 0 Å². The standard InChI is InChI=1S/C5H5IN2O/c6-5-3(9)1-2-4(7)8-5/h1-2,9H,(H2,7,8). The van der Waals surface area contributed by atoms with E-state index in [0.29, 0.717) is 9.52 Å². The summed E-state index contributed by atoms with van der Waals surface area (Å²) in [4.78, 5) is 3.79. The molecule has 0 fully saturated rings. The maximum Gasteiger partial charge on any atom is 0.147 e. The van der Waals surface area contributed by atoms with Crippen LogP contribution < -0.4 is 5.73 Å². The van der Waals surface area contributed by atoms with Gasteiger partial charge in [-0.2, -0.15) is 0 Å². The molecule has 0 aromatic carbocycles. The minimum Gasteiger partial charge on any atom is -0.505 e. The first kappa shape index (κ1) is 6.60. The Labute approximate surface area is 66.0 Å². The lowest BCUT2D eigenvalue weighted by molar-refractivity contribution is 0.468. The van der Waals surface area contributed by atoms with Crippen molar-refractivity contribution in [2.45, 2.75) is 0 Å². The predicted molar refractivity (Wildman–Crippen MR) is 43.0 cm³/mol. The molecular weight excluding hydrogens is 231 g/mol. The smallest absolute Gasteiger partial charge is 0.147 e. The topological polar surface area (TPSA) is 59.1 Å². The molecule has 0 aliphatic heterocycles. The number of aromatic hydroxyl groups is 1. The van der Waals surface area contributed by atoms with E-state index in [4.69, 9.17) is 10.8 Å². The van der Waals surface area contributed by atoms with Crippen LogP contribution in [0.15, 0.2) is 12.1 Å². The van der Waals surface area contributed by atoms with Crippen molar-refractivity contribution in [1.82, 2.24) is 4.98 Å². The number of halogens is 1. The third kappa shape index (κ3) is 1.44. The Balaban J connectivity index is 3.17. The van der Waals surface area contributed by atoms with Crippen LogP contribution in [-0.2, 0) is 0 Å². The molecule has 0 amide bonds. The lowest BCUT2D eigenvalue weighted by atomic mass is 10.4. The molecule has 0 bridgehead atoms. The van der Waals surface area contributed by atoms with Gasteiger partial charge in [-0.3, -0.25) is 0 Å². The molecule has 3 N–H and O–H groups in total. The molecule has 0 spiro atoms. The highest BCUT2D eigenvalue weighted by Gasteiger charge is 1.95. The molecule has 1 rings (SSSR count). The number of hydrogen-bond acceptors (Lipinski definition) is 3. The van der Waals surface area contributed by atoms with Gasteiger partial charge in [0.1, 0.15) is 15.3 Å². The zero-order valence-electron chi connectivity index (χ0n) is 4.50. The number of nitrogen functional groups attached to an aromatic ring is 1. The number of aromatic nitrogens is 1. The van der Waals surface area contributed by atoms with Crippen molar-refractivity contribution in [1.29, 1.82) is 0 Å². The number of hydrogen-bond donors (Lipinski definition) is 2. The summed E-state index contributed by atoms with van der Waals surface area (Å²) in [6.45, 7) is 0. The largest absolute Gasteiger partial charge is 0.505 e. The Bertz CT molecular complexity index is 226. The van der Waals surface area contributed by atoms with Crippen molar-refractivity contribution < 1.29 is 5.11 Å². The lowest BCUT2D eigenvalue weighted by Crippen LogP contribution is -1.90. The summed E-state index contributed by atoms with van der Waals surface area (Å²) in [5, 5.41) is 8.92. The fraction of sp³-hybridized carbons (Fsp3) is 0. The normalized spacial score (nSPS) is 9.44. The van der Waals surface area contributed by atoms with Crippen molar-refractivity contribution in [3.8, 4) is 5.75 Å². The molecule has 0 radical (unpaired) electrons. The number of anilines is 1. The van der Waals surface area contributed by atoms with E-state index in [2.05, 4.69) is 4.98 Å². The Kier molecular flexibility index (Phi) is 1.75. The molecule has 1 aromatic rings. The highest BCUT2D eigenvalue weighted by Crippen LogP contribution is 2.16. The van der Waals surface area contributed by atoms with Crippen molar-refractivity contribution >= 4 is 28.4 Å². The van der Waals surface area contributed by atoms with Gasteiger partial charge >= 0.3 is 0 Å². The van der Waals surface area contributed by atoms with Gasteiger partial charge in [-0.15, -0.1) is 0 Å². The second-order valence-electron chi connectivity index (χ2n) is 1.55. The summed E-state index contributed by atoms with van der Waals surface area (Å²) in [5.41, 5.74) is 5.30. The first-order valence-corrected chi connectivity index (χ1v) is 3.39. The van der Waals surface area contributed by atoms with Crippen LogP contribution in [0.3, 0.4) is 0 Å². The molecule has 0 aliphatic carbocycles. The third-order valence-electron chi connectivity index (χ3n) is 0.851. The monoisotopic (exact) mass is 236 g/mol. The molecule has 9 heavy (non-hydrogen) atoms. The van der Waals surface area contributed by atoms with E-state index in [-0.39, 0.29) is 5.75 Å². The maximum absolute atomic E-state index is 8.92. The highest BCUT2D eigenvalue weighted by atomic mass is 127. The van der Waals surface area contributed by atoms with Crippen molar-refractivity contribution in [2.24, 2.45) is 0 Å². The van der Waals surface area contributed by atoms with Crippen LogP contribution in [0, 0.1) is 3.70 Å². The van der Waals surface area contributed by atoms with Crippen LogP contribution in [0.5, 0.6) is 5.75 Å². The van der Waals surface area contributed by atoms with Crippen LogP contribution in [0.4, 0.5) is 5.82 Å². The van der Waals surface area contributed by atoms with Gasteiger partial charge < -0.3 is 10.8 Å². The summed E-state index contributed by atoms with van der Waals surface area (Å²) in [7, 11) is 0. The van der Waals surface area contributed by atoms with Gasteiger partial charge in [-0.05, 0) is 34.7 Å². The van der Waals surface area contributed by atoms with E-state index in [1.807, 2.05) is 22.6 Å².